The molecule has 2 N–H and O–H groups in total. The second kappa shape index (κ2) is 7.87. The van der Waals surface area contributed by atoms with E-state index in [4.69, 9.17) is 4.74 Å². The molecule has 1 aliphatic rings. The molecule has 7 nitrogen and oxygen atoms in total. The molecule has 1 aromatic heterocycles. The lowest BCUT2D eigenvalue weighted by atomic mass is 9.89. The molecule has 0 aliphatic heterocycles. The van der Waals surface area contributed by atoms with E-state index in [2.05, 4.69) is 15.6 Å². The lowest BCUT2D eigenvalue weighted by molar-refractivity contribution is -0.125. The van der Waals surface area contributed by atoms with E-state index >= 15 is 0 Å². The van der Waals surface area contributed by atoms with Gasteiger partial charge in [-0.3, -0.25) is 14.4 Å². The van der Waals surface area contributed by atoms with Gasteiger partial charge < -0.3 is 15.4 Å². The molecule has 2 aromatic rings. The second-order valence-corrected chi connectivity index (χ2v) is 7.51. The van der Waals surface area contributed by atoms with Crippen LogP contribution in [0.3, 0.4) is 0 Å². The number of thiazole rings is 1. The topological polar surface area (TPSA) is 97.4 Å². The Bertz CT molecular complexity index is 893. The Morgan fingerprint density at radius 1 is 1.33 bits per heavy atom. The highest BCUT2D eigenvalue weighted by molar-refractivity contribution is 7.17. The van der Waals surface area contributed by atoms with Crippen LogP contribution in [0, 0.1) is 5.92 Å². The van der Waals surface area contributed by atoms with Crippen LogP contribution < -0.4 is 15.4 Å². The van der Waals surface area contributed by atoms with Crippen LogP contribution in [0.1, 0.15) is 47.2 Å². The van der Waals surface area contributed by atoms with Gasteiger partial charge in [-0.15, -0.1) is 0 Å². The Hall–Kier alpha value is -2.74. The first kappa shape index (κ1) is 19.0. The van der Waals surface area contributed by atoms with Gasteiger partial charge >= 0.3 is 0 Å². The Labute approximate surface area is 161 Å². The van der Waals surface area contributed by atoms with E-state index in [1.165, 1.54) is 6.92 Å². The molecular weight excluding hydrogens is 366 g/mol. The number of hydrogen-bond acceptors (Lipinski definition) is 6. The molecule has 3 rings (SSSR count). The minimum absolute atomic E-state index is 0.112. The van der Waals surface area contributed by atoms with Crippen LogP contribution in [-0.4, -0.2) is 29.7 Å². The number of methoxy groups -OCH3 is 1. The van der Waals surface area contributed by atoms with Crippen molar-refractivity contribution in [1.82, 2.24) is 10.3 Å². The van der Waals surface area contributed by atoms with Crippen molar-refractivity contribution in [3.05, 3.63) is 40.4 Å². The largest absolute Gasteiger partial charge is 0.497 e. The maximum Gasteiger partial charge on any atom is 0.224 e. The number of anilines is 1. The molecular formula is C19H21N3O4S. The number of Topliss-reactive ketones (excluding diaryl/α,β-unsaturated/α-hetero) is 1. The van der Waals surface area contributed by atoms with Gasteiger partial charge in [0.1, 0.15) is 5.75 Å². The Morgan fingerprint density at radius 3 is 2.81 bits per heavy atom. The third-order valence-electron chi connectivity index (χ3n) is 4.43. The van der Waals surface area contributed by atoms with Gasteiger partial charge in [0.25, 0.3) is 0 Å². The minimum atomic E-state index is -0.467. The van der Waals surface area contributed by atoms with Gasteiger partial charge in [-0.2, -0.15) is 0 Å². The van der Waals surface area contributed by atoms with Gasteiger partial charge in [-0.25, -0.2) is 4.98 Å². The molecule has 0 fully saturated rings. The number of ether oxygens (including phenoxy) is 1. The maximum atomic E-state index is 12.7. The van der Waals surface area contributed by atoms with Crippen molar-refractivity contribution in [3.8, 4) is 5.75 Å². The van der Waals surface area contributed by atoms with Crippen LogP contribution in [0.15, 0.2) is 24.3 Å². The highest BCUT2D eigenvalue weighted by Crippen LogP contribution is 2.32. The van der Waals surface area contributed by atoms with Gasteiger partial charge in [0.05, 0.1) is 29.6 Å². The van der Waals surface area contributed by atoms with E-state index in [-0.39, 0.29) is 30.1 Å². The molecule has 0 saturated heterocycles. The summed E-state index contributed by atoms with van der Waals surface area (Å²) >= 11 is 1.16. The molecule has 1 heterocycles. The number of aromatic nitrogens is 1. The van der Waals surface area contributed by atoms with Crippen LogP contribution in [0.2, 0.25) is 0 Å². The number of fused-ring (bicyclic) bond motifs is 1. The predicted molar refractivity (Wildman–Crippen MR) is 102 cm³/mol. The van der Waals surface area contributed by atoms with E-state index < -0.39 is 5.92 Å². The molecule has 2 amide bonds. The third kappa shape index (κ3) is 4.33. The maximum absolute atomic E-state index is 12.7. The Morgan fingerprint density at radius 2 is 2.11 bits per heavy atom. The first-order valence-electron chi connectivity index (χ1n) is 8.62. The fourth-order valence-electron chi connectivity index (χ4n) is 3.04. The summed E-state index contributed by atoms with van der Waals surface area (Å²) in [5.74, 6) is -0.280. The summed E-state index contributed by atoms with van der Waals surface area (Å²) in [6.07, 6.45) is 0.527. The lowest BCUT2D eigenvalue weighted by Crippen LogP contribution is -2.37. The van der Waals surface area contributed by atoms with Crippen LogP contribution in [0.5, 0.6) is 5.75 Å². The third-order valence-corrected chi connectivity index (χ3v) is 5.48. The number of benzene rings is 1. The smallest absolute Gasteiger partial charge is 0.224 e. The minimum Gasteiger partial charge on any atom is -0.497 e. The lowest BCUT2D eigenvalue weighted by Gasteiger charge is -2.22. The predicted octanol–water partition coefficient (Wildman–Crippen LogP) is 2.73. The number of nitrogens with zero attached hydrogens (tertiary/aromatic N) is 1. The normalized spacial score (nSPS) is 17.0. The van der Waals surface area contributed by atoms with Crippen LogP contribution >= 0.6 is 11.3 Å². The molecule has 1 unspecified atom stereocenters. The summed E-state index contributed by atoms with van der Waals surface area (Å²) in [5.41, 5.74) is 1.50. The SMILES string of the molecule is COc1cccc([C@@H](C)NC(=O)C2CC(=O)c3sc(NC(C)=O)nc3C2)c1. The van der Waals surface area contributed by atoms with Crippen LogP contribution in [0.4, 0.5) is 5.13 Å². The summed E-state index contributed by atoms with van der Waals surface area (Å²) in [4.78, 5) is 41.1. The zero-order valence-corrected chi connectivity index (χ0v) is 16.2. The van der Waals surface area contributed by atoms with Gasteiger partial charge in [0.2, 0.25) is 11.8 Å². The molecule has 0 bridgehead atoms. The summed E-state index contributed by atoms with van der Waals surface area (Å²) in [7, 11) is 1.59. The molecule has 1 aliphatic carbocycles. The van der Waals surface area contributed by atoms with E-state index in [9.17, 15) is 14.4 Å². The van der Waals surface area contributed by atoms with Gasteiger partial charge in [-0.1, -0.05) is 23.5 Å². The van der Waals surface area contributed by atoms with Crippen molar-refractivity contribution in [2.24, 2.45) is 5.92 Å². The van der Waals surface area contributed by atoms with E-state index in [1.54, 1.807) is 7.11 Å². The molecule has 142 valence electrons. The first-order chi connectivity index (χ1) is 12.9. The van der Waals surface area contributed by atoms with Gasteiger partial charge in [0.15, 0.2) is 10.9 Å². The zero-order valence-electron chi connectivity index (χ0n) is 15.4. The average molecular weight is 387 g/mol. The van der Waals surface area contributed by atoms with Crippen molar-refractivity contribution < 1.29 is 19.1 Å². The highest BCUT2D eigenvalue weighted by Gasteiger charge is 2.33. The Kier molecular flexibility index (Phi) is 5.55. The number of carbonyl (C=O) groups is 3. The summed E-state index contributed by atoms with van der Waals surface area (Å²) in [6, 6.07) is 7.28. The number of hydrogen-bond donors (Lipinski definition) is 2. The van der Waals surface area contributed by atoms with Crippen LogP contribution in [0.25, 0.3) is 0 Å². The zero-order chi connectivity index (χ0) is 19.6. The number of ketones is 1. The Balaban J connectivity index is 1.69. The molecule has 0 radical (unpaired) electrons. The average Bonchev–Trinajstić information content (AvgIpc) is 3.03. The van der Waals surface area contributed by atoms with E-state index in [0.717, 1.165) is 22.6 Å². The molecule has 2 atom stereocenters. The van der Waals surface area contributed by atoms with Crippen molar-refractivity contribution >= 4 is 34.1 Å². The number of amides is 2. The summed E-state index contributed by atoms with van der Waals surface area (Å²) < 4.78 is 5.21. The fourth-order valence-corrected chi connectivity index (χ4v) is 4.03. The highest BCUT2D eigenvalue weighted by atomic mass is 32.1. The number of rotatable bonds is 5. The standard InChI is InChI=1S/C19H21N3O4S/c1-10(12-5-4-6-14(7-12)26-3)20-18(25)13-8-15-17(16(24)9-13)27-19(22-15)21-11(2)23/h4-7,10,13H,8-9H2,1-3H3,(H,20,25)(H,21,22,23)/t10-,13?/m1/s1. The summed E-state index contributed by atoms with van der Waals surface area (Å²) in [6.45, 7) is 3.28. The number of carbonyl (C=O) groups excluding carboxylic acids is 3. The molecule has 1 aromatic carbocycles. The van der Waals surface area contributed by atoms with Crippen molar-refractivity contribution in [3.63, 3.8) is 0 Å². The second-order valence-electron chi connectivity index (χ2n) is 6.51. The fraction of sp³-hybridized carbons (Fsp3) is 0.368. The van der Waals surface area contributed by atoms with Crippen LogP contribution in [-0.2, 0) is 16.0 Å². The van der Waals surface area contributed by atoms with E-state index in [0.29, 0.717) is 22.1 Å². The molecule has 8 heteroatoms. The molecule has 27 heavy (non-hydrogen) atoms. The monoisotopic (exact) mass is 387 g/mol. The molecule has 0 spiro atoms. The number of nitrogens with one attached hydrogen (secondary N) is 2. The summed E-state index contributed by atoms with van der Waals surface area (Å²) in [5, 5.41) is 5.96. The molecule has 0 saturated carbocycles. The van der Waals surface area contributed by atoms with Gasteiger partial charge in [0, 0.05) is 19.8 Å². The quantitative estimate of drug-likeness (QED) is 0.822. The van der Waals surface area contributed by atoms with E-state index in [1.807, 2.05) is 31.2 Å². The van der Waals surface area contributed by atoms with Crippen molar-refractivity contribution in [1.29, 1.82) is 0 Å². The first-order valence-corrected chi connectivity index (χ1v) is 9.44. The van der Waals surface area contributed by atoms with Crippen molar-refractivity contribution in [2.45, 2.75) is 32.7 Å². The van der Waals surface area contributed by atoms with Crippen molar-refractivity contribution in [2.75, 3.05) is 12.4 Å². The van der Waals surface area contributed by atoms with Gasteiger partial charge in [-0.05, 0) is 24.6 Å².